The highest BCUT2D eigenvalue weighted by molar-refractivity contribution is 7.14. The Balaban J connectivity index is 1.80. The van der Waals surface area contributed by atoms with E-state index in [4.69, 9.17) is 11.6 Å². The van der Waals surface area contributed by atoms with Crippen LogP contribution in [0.25, 0.3) is 11.3 Å². The van der Waals surface area contributed by atoms with Gasteiger partial charge in [0.05, 0.1) is 10.6 Å². The molecule has 8 heteroatoms. The largest absolute Gasteiger partial charge is 0.298 e. The number of hydrogen-bond acceptors (Lipinski definition) is 5. The zero-order chi connectivity index (χ0) is 19.6. The number of nitrogens with zero attached hydrogens (tertiary/aromatic N) is 2. The summed E-state index contributed by atoms with van der Waals surface area (Å²) >= 11 is 7.04. The molecule has 0 aliphatic carbocycles. The molecule has 2 aromatic carbocycles. The average molecular weight is 402 g/mol. The third kappa shape index (κ3) is 4.32. The molecule has 0 atom stereocenters. The van der Waals surface area contributed by atoms with Gasteiger partial charge in [-0.3, -0.25) is 20.2 Å². The molecule has 3 rings (SSSR count). The van der Waals surface area contributed by atoms with Crippen molar-refractivity contribution >= 4 is 39.7 Å². The summed E-state index contributed by atoms with van der Waals surface area (Å²) in [6.45, 7) is 4.25. The van der Waals surface area contributed by atoms with Gasteiger partial charge in [-0.2, -0.15) is 0 Å². The number of halogens is 1. The molecular formula is C19H16ClN3O3S. The summed E-state index contributed by atoms with van der Waals surface area (Å²) < 4.78 is 0. The van der Waals surface area contributed by atoms with E-state index in [0.29, 0.717) is 11.0 Å². The highest BCUT2D eigenvalue weighted by atomic mass is 35.5. The van der Waals surface area contributed by atoms with Crippen LogP contribution in [0.4, 0.5) is 10.8 Å². The Hall–Kier alpha value is -2.77. The molecule has 0 radical (unpaired) electrons. The molecule has 1 heterocycles. The highest BCUT2D eigenvalue weighted by Gasteiger charge is 2.21. The number of hydrogen-bond donors (Lipinski definition) is 1. The maximum absolute atomic E-state index is 12.4. The van der Waals surface area contributed by atoms with Crippen LogP contribution >= 0.6 is 22.9 Å². The number of rotatable bonds is 5. The Morgan fingerprint density at radius 3 is 2.56 bits per heavy atom. The maximum atomic E-state index is 12.4. The van der Waals surface area contributed by atoms with Crippen LogP contribution in [0.1, 0.15) is 35.7 Å². The van der Waals surface area contributed by atoms with E-state index in [1.54, 1.807) is 0 Å². The lowest BCUT2D eigenvalue weighted by Crippen LogP contribution is -2.13. The van der Waals surface area contributed by atoms with E-state index in [-0.39, 0.29) is 16.3 Å². The fourth-order valence-electron chi connectivity index (χ4n) is 2.51. The number of amides is 1. The van der Waals surface area contributed by atoms with E-state index in [1.807, 2.05) is 17.5 Å². The van der Waals surface area contributed by atoms with Crippen molar-refractivity contribution in [3.8, 4) is 11.3 Å². The molecule has 0 aliphatic rings. The molecule has 0 saturated heterocycles. The van der Waals surface area contributed by atoms with Crippen LogP contribution in [0, 0.1) is 10.1 Å². The van der Waals surface area contributed by atoms with Crippen LogP contribution in [-0.2, 0) is 0 Å². The van der Waals surface area contributed by atoms with Gasteiger partial charge in [-0.1, -0.05) is 49.7 Å². The van der Waals surface area contributed by atoms with Crippen LogP contribution in [0.15, 0.2) is 47.8 Å². The summed E-state index contributed by atoms with van der Waals surface area (Å²) in [5, 5.41) is 16.2. The second kappa shape index (κ2) is 7.85. The summed E-state index contributed by atoms with van der Waals surface area (Å²) in [4.78, 5) is 27.3. The predicted octanol–water partition coefficient (Wildman–Crippen LogP) is 5.75. The molecule has 27 heavy (non-hydrogen) atoms. The van der Waals surface area contributed by atoms with Crippen molar-refractivity contribution in [2.45, 2.75) is 19.8 Å². The molecule has 0 spiro atoms. The average Bonchev–Trinajstić information content (AvgIpc) is 3.10. The van der Waals surface area contributed by atoms with E-state index in [0.717, 1.165) is 17.3 Å². The fraction of sp³-hybridized carbons (Fsp3) is 0.158. The zero-order valence-electron chi connectivity index (χ0n) is 14.6. The summed E-state index contributed by atoms with van der Waals surface area (Å²) in [5.74, 6) is -0.158. The van der Waals surface area contributed by atoms with E-state index < -0.39 is 10.8 Å². The van der Waals surface area contributed by atoms with E-state index in [2.05, 4.69) is 36.3 Å². The Morgan fingerprint density at radius 2 is 1.93 bits per heavy atom. The SMILES string of the molecule is CC(C)c1ccc(-c2csc(NC(=O)c3ccc(Cl)cc3[N+](=O)[O-])n2)cc1. The number of aromatic nitrogens is 1. The quantitative estimate of drug-likeness (QED) is 0.435. The molecule has 0 aliphatic heterocycles. The van der Waals surface area contributed by atoms with Crippen LogP contribution in [0.3, 0.4) is 0 Å². The van der Waals surface area contributed by atoms with Crippen molar-refractivity contribution in [1.82, 2.24) is 4.98 Å². The van der Waals surface area contributed by atoms with Gasteiger partial charge in [0.2, 0.25) is 0 Å². The van der Waals surface area contributed by atoms with Crippen LogP contribution in [-0.4, -0.2) is 15.8 Å². The first-order chi connectivity index (χ1) is 12.8. The van der Waals surface area contributed by atoms with Gasteiger partial charge in [0.25, 0.3) is 11.6 Å². The topological polar surface area (TPSA) is 85.1 Å². The second-order valence-corrected chi connectivity index (χ2v) is 7.48. The molecule has 0 saturated carbocycles. The number of benzene rings is 2. The van der Waals surface area contributed by atoms with Gasteiger partial charge in [-0.25, -0.2) is 4.98 Å². The molecule has 3 aromatic rings. The Bertz CT molecular complexity index is 1000. The number of carbonyl (C=O) groups is 1. The monoisotopic (exact) mass is 401 g/mol. The van der Waals surface area contributed by atoms with Crippen LogP contribution < -0.4 is 5.32 Å². The van der Waals surface area contributed by atoms with Crippen molar-refractivity contribution < 1.29 is 9.72 Å². The Morgan fingerprint density at radius 1 is 1.22 bits per heavy atom. The maximum Gasteiger partial charge on any atom is 0.283 e. The van der Waals surface area contributed by atoms with Gasteiger partial charge < -0.3 is 0 Å². The molecule has 0 unspecified atom stereocenters. The van der Waals surface area contributed by atoms with Crippen LogP contribution in [0.2, 0.25) is 5.02 Å². The third-order valence-corrected chi connectivity index (χ3v) is 4.99. The smallest absolute Gasteiger partial charge is 0.283 e. The van der Waals surface area contributed by atoms with Crippen LogP contribution in [0.5, 0.6) is 0 Å². The molecule has 138 valence electrons. The first kappa shape index (κ1) is 19.0. The molecule has 1 N–H and O–H groups in total. The lowest BCUT2D eigenvalue weighted by atomic mass is 10.0. The minimum absolute atomic E-state index is 0.0672. The Kier molecular flexibility index (Phi) is 5.53. The van der Waals surface area contributed by atoms with Gasteiger partial charge in [0, 0.05) is 22.0 Å². The highest BCUT2D eigenvalue weighted by Crippen LogP contribution is 2.28. The normalized spacial score (nSPS) is 10.8. The van der Waals surface area contributed by atoms with Crippen molar-refractivity contribution in [3.05, 3.63) is 74.1 Å². The third-order valence-electron chi connectivity index (χ3n) is 4.00. The summed E-state index contributed by atoms with van der Waals surface area (Å²) in [6.07, 6.45) is 0. The minimum Gasteiger partial charge on any atom is -0.298 e. The molecule has 0 bridgehead atoms. The number of nitrogens with one attached hydrogen (secondary N) is 1. The van der Waals surface area contributed by atoms with E-state index in [9.17, 15) is 14.9 Å². The van der Waals surface area contributed by atoms with Gasteiger partial charge in [0.15, 0.2) is 5.13 Å². The number of anilines is 1. The lowest BCUT2D eigenvalue weighted by molar-refractivity contribution is -0.385. The van der Waals surface area contributed by atoms with Gasteiger partial charge in [0.1, 0.15) is 5.56 Å². The fourth-order valence-corrected chi connectivity index (χ4v) is 3.40. The number of carbonyl (C=O) groups excluding carboxylic acids is 1. The van der Waals surface area contributed by atoms with Gasteiger partial charge in [-0.05, 0) is 23.6 Å². The predicted molar refractivity (Wildman–Crippen MR) is 108 cm³/mol. The lowest BCUT2D eigenvalue weighted by Gasteiger charge is -2.05. The molecular weight excluding hydrogens is 386 g/mol. The summed E-state index contributed by atoms with van der Waals surface area (Å²) in [6, 6.07) is 12.0. The van der Waals surface area contributed by atoms with E-state index in [1.165, 1.54) is 29.0 Å². The minimum atomic E-state index is -0.635. The number of nitro benzene ring substituents is 1. The van der Waals surface area contributed by atoms with Crippen molar-refractivity contribution in [2.75, 3.05) is 5.32 Å². The molecule has 1 amide bonds. The van der Waals surface area contributed by atoms with Crippen molar-refractivity contribution in [3.63, 3.8) is 0 Å². The number of thiazole rings is 1. The zero-order valence-corrected chi connectivity index (χ0v) is 16.2. The molecule has 1 aromatic heterocycles. The van der Waals surface area contributed by atoms with E-state index >= 15 is 0 Å². The first-order valence-electron chi connectivity index (χ1n) is 8.16. The van der Waals surface area contributed by atoms with Crippen molar-refractivity contribution in [2.24, 2.45) is 0 Å². The number of nitro groups is 1. The summed E-state index contributed by atoms with van der Waals surface area (Å²) in [7, 11) is 0. The van der Waals surface area contributed by atoms with Gasteiger partial charge in [-0.15, -0.1) is 11.3 Å². The van der Waals surface area contributed by atoms with Crippen molar-refractivity contribution in [1.29, 1.82) is 0 Å². The Labute approximate surface area is 165 Å². The molecule has 6 nitrogen and oxygen atoms in total. The standard InChI is InChI=1S/C19H16ClN3O3S/c1-11(2)12-3-5-13(6-4-12)16-10-27-19(21-16)22-18(24)15-8-7-14(20)9-17(15)23(25)26/h3-11H,1-2H3,(H,21,22,24). The van der Waals surface area contributed by atoms with Gasteiger partial charge >= 0.3 is 0 Å². The summed E-state index contributed by atoms with van der Waals surface area (Å²) in [5.41, 5.74) is 2.49. The molecule has 0 fully saturated rings. The first-order valence-corrected chi connectivity index (χ1v) is 9.42. The second-order valence-electron chi connectivity index (χ2n) is 6.19.